The molecule has 1 saturated carbocycles. The van der Waals surface area contributed by atoms with Crippen LogP contribution in [0.2, 0.25) is 0 Å². The summed E-state index contributed by atoms with van der Waals surface area (Å²) in [6.07, 6.45) is 1.39. The van der Waals surface area contributed by atoms with E-state index in [0.717, 1.165) is 33.1 Å². The molecule has 2 aromatic carbocycles. The highest BCUT2D eigenvalue weighted by Gasteiger charge is 2.49. The second-order valence-electron chi connectivity index (χ2n) is 8.37. The first-order valence-corrected chi connectivity index (χ1v) is 11.5. The molecule has 1 saturated heterocycles. The summed E-state index contributed by atoms with van der Waals surface area (Å²) in [4.78, 5) is 30.0. The summed E-state index contributed by atoms with van der Waals surface area (Å²) in [5, 5.41) is 8.86. The highest BCUT2D eigenvalue weighted by atomic mass is 32.1. The number of nitrogens with one attached hydrogen (secondary N) is 3. The molecule has 2 atom stereocenters. The van der Waals surface area contributed by atoms with Gasteiger partial charge in [-0.05, 0) is 31.0 Å². The highest BCUT2D eigenvalue weighted by molar-refractivity contribution is 7.18. The van der Waals surface area contributed by atoms with Crippen molar-refractivity contribution in [2.45, 2.75) is 30.3 Å². The van der Waals surface area contributed by atoms with Crippen LogP contribution >= 0.6 is 11.3 Å². The quantitative estimate of drug-likeness (QED) is 0.495. The van der Waals surface area contributed by atoms with E-state index >= 15 is 0 Å². The monoisotopic (exact) mass is 488 g/mol. The van der Waals surface area contributed by atoms with Crippen molar-refractivity contribution in [3.05, 3.63) is 52.5 Å². The number of thiazole rings is 1. The molecule has 5 rings (SSSR count). The lowest BCUT2D eigenvalue weighted by molar-refractivity contribution is -0.120. The van der Waals surface area contributed by atoms with E-state index in [0.29, 0.717) is 12.8 Å². The SMILES string of the molecule is COc1cc(F)c([C@@H]2CNC(=O)[C@H]2NC(=O)NC2(c3nc4ccc(OC)cc4s3)CC2)c(F)c1. The Kier molecular flexibility index (Phi) is 5.51. The molecule has 3 N–H and O–H groups in total. The number of methoxy groups -OCH3 is 2. The summed E-state index contributed by atoms with van der Waals surface area (Å²) >= 11 is 1.46. The van der Waals surface area contributed by atoms with Crippen molar-refractivity contribution in [1.29, 1.82) is 0 Å². The minimum absolute atomic E-state index is 0.00516. The number of amides is 3. The van der Waals surface area contributed by atoms with Crippen LogP contribution in [-0.4, -0.2) is 43.7 Å². The molecule has 8 nitrogen and oxygen atoms in total. The van der Waals surface area contributed by atoms with E-state index in [1.165, 1.54) is 18.4 Å². The third kappa shape index (κ3) is 3.89. The average Bonchev–Trinajstić information content (AvgIpc) is 3.32. The molecule has 2 heterocycles. The first kappa shape index (κ1) is 22.3. The number of urea groups is 1. The zero-order valence-electron chi connectivity index (χ0n) is 18.4. The molecule has 0 unspecified atom stereocenters. The first-order valence-electron chi connectivity index (χ1n) is 10.7. The molecule has 3 amide bonds. The van der Waals surface area contributed by atoms with Gasteiger partial charge in [-0.25, -0.2) is 18.6 Å². The third-order valence-corrected chi connectivity index (χ3v) is 7.46. The number of carbonyl (C=O) groups is 2. The molecule has 2 fully saturated rings. The lowest BCUT2D eigenvalue weighted by atomic mass is 9.93. The van der Waals surface area contributed by atoms with Crippen molar-refractivity contribution < 1.29 is 27.8 Å². The number of carbonyl (C=O) groups excluding carboxylic acids is 2. The predicted molar refractivity (Wildman–Crippen MR) is 121 cm³/mol. The molecule has 3 aromatic rings. The number of aromatic nitrogens is 1. The number of fused-ring (bicyclic) bond motifs is 1. The van der Waals surface area contributed by atoms with Crippen LogP contribution in [0.5, 0.6) is 11.5 Å². The van der Waals surface area contributed by atoms with Crippen LogP contribution in [-0.2, 0) is 10.3 Å². The van der Waals surface area contributed by atoms with E-state index < -0.39 is 41.1 Å². The number of benzene rings is 2. The van der Waals surface area contributed by atoms with Gasteiger partial charge in [0.05, 0.1) is 30.0 Å². The molecule has 34 heavy (non-hydrogen) atoms. The lowest BCUT2D eigenvalue weighted by Crippen LogP contribution is -2.50. The minimum Gasteiger partial charge on any atom is -0.497 e. The number of ether oxygens (including phenoxy) is 2. The fourth-order valence-electron chi connectivity index (χ4n) is 4.24. The number of nitrogens with zero attached hydrogens (tertiary/aromatic N) is 1. The third-order valence-electron chi connectivity index (χ3n) is 6.23. The Morgan fingerprint density at radius 3 is 2.50 bits per heavy atom. The molecule has 2 aliphatic rings. The summed E-state index contributed by atoms with van der Waals surface area (Å²) in [7, 11) is 2.90. The zero-order valence-corrected chi connectivity index (χ0v) is 19.2. The van der Waals surface area contributed by atoms with Crippen LogP contribution in [0, 0.1) is 11.6 Å². The highest BCUT2D eigenvalue weighted by Crippen LogP contribution is 2.48. The molecule has 1 aliphatic heterocycles. The van der Waals surface area contributed by atoms with Gasteiger partial charge in [0.1, 0.15) is 34.2 Å². The summed E-state index contributed by atoms with van der Waals surface area (Å²) in [6.45, 7) is -0.00516. The van der Waals surface area contributed by atoms with E-state index in [-0.39, 0.29) is 17.9 Å². The second kappa shape index (κ2) is 8.39. The van der Waals surface area contributed by atoms with Crippen LogP contribution in [0.25, 0.3) is 10.2 Å². The lowest BCUT2D eigenvalue weighted by Gasteiger charge is -2.22. The Hall–Kier alpha value is -3.47. The van der Waals surface area contributed by atoms with E-state index in [2.05, 4.69) is 20.9 Å². The Morgan fingerprint density at radius 1 is 1.15 bits per heavy atom. The summed E-state index contributed by atoms with van der Waals surface area (Å²) in [5.41, 5.74) is -0.108. The fourth-order valence-corrected chi connectivity index (χ4v) is 5.43. The molecule has 1 aliphatic carbocycles. The minimum atomic E-state index is -1.13. The largest absolute Gasteiger partial charge is 0.497 e. The maximum absolute atomic E-state index is 14.6. The van der Waals surface area contributed by atoms with Gasteiger partial charge in [-0.2, -0.15) is 0 Å². The van der Waals surface area contributed by atoms with Gasteiger partial charge in [0.25, 0.3) is 0 Å². The summed E-state index contributed by atoms with van der Waals surface area (Å²) in [6, 6.07) is 5.94. The molecule has 0 radical (unpaired) electrons. The van der Waals surface area contributed by atoms with E-state index in [1.54, 1.807) is 7.11 Å². The van der Waals surface area contributed by atoms with Crippen molar-refractivity contribution in [1.82, 2.24) is 20.9 Å². The normalized spacial score (nSPS) is 20.6. The van der Waals surface area contributed by atoms with Crippen molar-refractivity contribution in [2.24, 2.45) is 0 Å². The van der Waals surface area contributed by atoms with Gasteiger partial charge < -0.3 is 25.4 Å². The molecule has 11 heteroatoms. The zero-order chi connectivity index (χ0) is 24.0. The number of halogens is 2. The van der Waals surface area contributed by atoms with Gasteiger partial charge in [-0.1, -0.05) is 0 Å². The van der Waals surface area contributed by atoms with Crippen LogP contribution < -0.4 is 25.4 Å². The Labute approximate surface area is 197 Å². The standard InChI is InChI=1S/C23H22F2N4O4S/c1-32-11-3-4-16-17(9-11)34-21(27-16)23(5-6-23)29-22(31)28-19-13(10-26-20(19)30)18-14(24)7-12(33-2)8-15(18)25/h3-4,7-9,13,19H,5-6,10H2,1-2H3,(H,26,30)(H2,28,29,31)/t13-,19-/m0/s1. The van der Waals surface area contributed by atoms with E-state index in [9.17, 15) is 18.4 Å². The molecular weight excluding hydrogens is 466 g/mol. The average molecular weight is 489 g/mol. The number of hydrogen-bond donors (Lipinski definition) is 3. The van der Waals surface area contributed by atoms with Crippen LogP contribution in [0.15, 0.2) is 30.3 Å². The maximum Gasteiger partial charge on any atom is 0.316 e. The first-order chi connectivity index (χ1) is 16.3. The van der Waals surface area contributed by atoms with Crippen LogP contribution in [0.3, 0.4) is 0 Å². The van der Waals surface area contributed by atoms with Gasteiger partial charge in [0.2, 0.25) is 5.91 Å². The predicted octanol–water partition coefficient (Wildman–Crippen LogP) is 3.16. The summed E-state index contributed by atoms with van der Waals surface area (Å²) in [5.74, 6) is -2.35. The van der Waals surface area contributed by atoms with Crippen LogP contribution in [0.4, 0.5) is 13.6 Å². The number of rotatable bonds is 6. The van der Waals surface area contributed by atoms with Crippen LogP contribution in [0.1, 0.15) is 29.3 Å². The maximum atomic E-state index is 14.6. The van der Waals surface area contributed by atoms with Gasteiger partial charge in [0.15, 0.2) is 0 Å². The van der Waals surface area contributed by atoms with Gasteiger partial charge >= 0.3 is 6.03 Å². The Balaban J connectivity index is 1.34. The summed E-state index contributed by atoms with van der Waals surface area (Å²) < 4.78 is 40.4. The molecule has 178 valence electrons. The van der Waals surface area contributed by atoms with Gasteiger partial charge in [0, 0.05) is 30.2 Å². The smallest absolute Gasteiger partial charge is 0.316 e. The Morgan fingerprint density at radius 2 is 1.85 bits per heavy atom. The topological polar surface area (TPSA) is 102 Å². The fraction of sp³-hybridized carbons (Fsp3) is 0.348. The van der Waals surface area contributed by atoms with Crippen molar-refractivity contribution in [3.8, 4) is 11.5 Å². The van der Waals surface area contributed by atoms with Crippen molar-refractivity contribution >= 4 is 33.5 Å². The Bertz CT molecular complexity index is 1270. The van der Waals surface area contributed by atoms with Crippen molar-refractivity contribution in [3.63, 3.8) is 0 Å². The number of hydrogen-bond acceptors (Lipinski definition) is 6. The second-order valence-corrected chi connectivity index (χ2v) is 9.40. The molecular formula is C23H22F2N4O4S. The molecule has 1 aromatic heterocycles. The molecule has 0 bridgehead atoms. The van der Waals surface area contributed by atoms with Gasteiger partial charge in [-0.15, -0.1) is 11.3 Å². The van der Waals surface area contributed by atoms with E-state index in [1.807, 2.05) is 18.2 Å². The van der Waals surface area contributed by atoms with Crippen molar-refractivity contribution in [2.75, 3.05) is 20.8 Å². The van der Waals surface area contributed by atoms with Gasteiger partial charge in [-0.3, -0.25) is 4.79 Å². The van der Waals surface area contributed by atoms with E-state index in [4.69, 9.17) is 9.47 Å². The molecule has 0 spiro atoms.